The van der Waals surface area contributed by atoms with E-state index in [1.807, 2.05) is 12.4 Å². The van der Waals surface area contributed by atoms with Crippen molar-refractivity contribution in [2.24, 2.45) is 5.92 Å². The quantitative estimate of drug-likeness (QED) is 0.748. The van der Waals surface area contributed by atoms with E-state index in [0.29, 0.717) is 4.83 Å². The number of pyridine rings is 1. The van der Waals surface area contributed by atoms with Crippen molar-refractivity contribution in [3.8, 4) is 0 Å². The minimum Gasteiger partial charge on any atom is -0.265 e. The summed E-state index contributed by atoms with van der Waals surface area (Å²) in [6.45, 7) is 0. The molecule has 1 aromatic heterocycles. The molecule has 2 rings (SSSR count). The third-order valence-electron chi connectivity index (χ3n) is 3.52. The van der Waals surface area contributed by atoms with Gasteiger partial charge in [0.25, 0.3) is 0 Å². The van der Waals surface area contributed by atoms with Gasteiger partial charge in [-0.3, -0.25) is 4.98 Å². The largest absolute Gasteiger partial charge is 0.265 e. The molecule has 1 saturated carbocycles. The van der Waals surface area contributed by atoms with Crippen molar-refractivity contribution in [1.29, 1.82) is 0 Å². The molecule has 1 aromatic rings. The van der Waals surface area contributed by atoms with Crippen LogP contribution in [-0.4, -0.2) is 9.81 Å². The number of alkyl halides is 1. The fourth-order valence-electron chi connectivity index (χ4n) is 2.64. The van der Waals surface area contributed by atoms with Crippen molar-refractivity contribution in [3.05, 3.63) is 30.1 Å². The Labute approximate surface area is 107 Å². The van der Waals surface area contributed by atoms with Gasteiger partial charge in [-0.1, -0.05) is 48.0 Å². The van der Waals surface area contributed by atoms with E-state index in [4.69, 9.17) is 0 Å². The lowest BCUT2D eigenvalue weighted by molar-refractivity contribution is 0.337. The van der Waals surface area contributed by atoms with Gasteiger partial charge < -0.3 is 0 Å². The predicted molar refractivity (Wildman–Crippen MR) is 71.8 cm³/mol. The zero-order chi connectivity index (χ0) is 11.2. The van der Waals surface area contributed by atoms with Crippen LogP contribution in [0.4, 0.5) is 0 Å². The molecule has 0 saturated heterocycles. The van der Waals surface area contributed by atoms with E-state index >= 15 is 0 Å². The first kappa shape index (κ1) is 12.1. The van der Waals surface area contributed by atoms with Crippen molar-refractivity contribution in [2.75, 3.05) is 0 Å². The van der Waals surface area contributed by atoms with Gasteiger partial charge in [0.05, 0.1) is 0 Å². The Morgan fingerprint density at radius 1 is 1.19 bits per heavy atom. The van der Waals surface area contributed by atoms with E-state index in [9.17, 15) is 0 Å². The number of aromatic nitrogens is 1. The molecular weight excluding hydrogens is 262 g/mol. The lowest BCUT2D eigenvalue weighted by Crippen LogP contribution is -2.13. The highest BCUT2D eigenvalue weighted by Crippen LogP contribution is 2.30. The standard InChI is InChI=1S/C14H20BrN/c15-14(10-12-4-2-1-3-5-12)11-13-6-8-16-9-7-13/h6-9,12,14H,1-5,10-11H2. The van der Waals surface area contributed by atoms with Crippen LogP contribution >= 0.6 is 15.9 Å². The highest BCUT2D eigenvalue weighted by molar-refractivity contribution is 9.09. The summed E-state index contributed by atoms with van der Waals surface area (Å²) in [7, 11) is 0. The Morgan fingerprint density at radius 2 is 1.88 bits per heavy atom. The molecule has 16 heavy (non-hydrogen) atoms. The average molecular weight is 282 g/mol. The van der Waals surface area contributed by atoms with Crippen LogP contribution in [0.15, 0.2) is 24.5 Å². The number of rotatable bonds is 4. The van der Waals surface area contributed by atoms with Crippen molar-refractivity contribution in [3.63, 3.8) is 0 Å². The van der Waals surface area contributed by atoms with Crippen LogP contribution in [-0.2, 0) is 6.42 Å². The SMILES string of the molecule is BrC(Cc1ccncc1)CC1CCCCC1. The molecule has 1 heterocycles. The van der Waals surface area contributed by atoms with Crippen LogP contribution in [0.1, 0.15) is 44.1 Å². The minimum atomic E-state index is 0.637. The molecule has 0 radical (unpaired) electrons. The maximum Gasteiger partial charge on any atom is 0.0270 e. The molecule has 1 aliphatic rings. The van der Waals surface area contributed by atoms with E-state index in [1.54, 1.807) is 0 Å². The second kappa shape index (κ2) is 6.39. The van der Waals surface area contributed by atoms with Crippen LogP contribution in [0.5, 0.6) is 0 Å². The van der Waals surface area contributed by atoms with Crippen molar-refractivity contribution >= 4 is 15.9 Å². The number of hydrogen-bond donors (Lipinski definition) is 0. The molecule has 0 spiro atoms. The van der Waals surface area contributed by atoms with Gasteiger partial charge in [0.1, 0.15) is 0 Å². The number of halogens is 1. The van der Waals surface area contributed by atoms with E-state index in [-0.39, 0.29) is 0 Å². The van der Waals surface area contributed by atoms with Crippen molar-refractivity contribution < 1.29 is 0 Å². The Hall–Kier alpha value is -0.370. The van der Waals surface area contributed by atoms with Gasteiger partial charge in [-0.05, 0) is 36.5 Å². The Bertz CT molecular complexity index is 293. The van der Waals surface area contributed by atoms with Gasteiger partial charge in [0.2, 0.25) is 0 Å². The lowest BCUT2D eigenvalue weighted by Gasteiger charge is -2.23. The maximum absolute atomic E-state index is 4.05. The highest BCUT2D eigenvalue weighted by atomic mass is 79.9. The van der Waals surface area contributed by atoms with Gasteiger partial charge in [0, 0.05) is 17.2 Å². The van der Waals surface area contributed by atoms with Gasteiger partial charge in [-0.25, -0.2) is 0 Å². The maximum atomic E-state index is 4.05. The molecule has 1 unspecified atom stereocenters. The summed E-state index contributed by atoms with van der Waals surface area (Å²) >= 11 is 3.83. The second-order valence-electron chi connectivity index (χ2n) is 4.90. The normalized spacial score (nSPS) is 19.6. The van der Waals surface area contributed by atoms with E-state index in [1.165, 1.54) is 44.1 Å². The van der Waals surface area contributed by atoms with Crippen LogP contribution in [0, 0.1) is 5.92 Å². The van der Waals surface area contributed by atoms with E-state index < -0.39 is 0 Å². The summed E-state index contributed by atoms with van der Waals surface area (Å²) < 4.78 is 0. The first-order valence-electron chi connectivity index (χ1n) is 6.37. The van der Waals surface area contributed by atoms with Crippen LogP contribution in [0.3, 0.4) is 0 Å². The minimum absolute atomic E-state index is 0.637. The molecule has 0 bridgehead atoms. The molecule has 1 aliphatic carbocycles. The van der Waals surface area contributed by atoms with Gasteiger partial charge in [-0.2, -0.15) is 0 Å². The Balaban J connectivity index is 1.77. The summed E-state index contributed by atoms with van der Waals surface area (Å²) in [5.41, 5.74) is 1.40. The smallest absolute Gasteiger partial charge is 0.0270 e. The number of hydrogen-bond acceptors (Lipinski definition) is 1. The lowest BCUT2D eigenvalue weighted by atomic mass is 9.85. The summed E-state index contributed by atoms with van der Waals surface area (Å²) in [4.78, 5) is 4.69. The Morgan fingerprint density at radius 3 is 2.56 bits per heavy atom. The molecule has 1 nitrogen and oxygen atoms in total. The summed E-state index contributed by atoms with van der Waals surface area (Å²) in [5.74, 6) is 0.958. The zero-order valence-corrected chi connectivity index (χ0v) is 11.3. The molecule has 88 valence electrons. The van der Waals surface area contributed by atoms with Crippen molar-refractivity contribution in [2.45, 2.75) is 49.8 Å². The first-order valence-corrected chi connectivity index (χ1v) is 7.29. The number of nitrogens with zero attached hydrogens (tertiary/aromatic N) is 1. The summed E-state index contributed by atoms with van der Waals surface area (Å²) in [6.07, 6.45) is 13.5. The third-order valence-corrected chi connectivity index (χ3v) is 4.22. The predicted octanol–water partition coefficient (Wildman–Crippen LogP) is 4.36. The monoisotopic (exact) mass is 281 g/mol. The molecule has 0 aromatic carbocycles. The summed E-state index contributed by atoms with van der Waals surface area (Å²) in [5, 5.41) is 0. The third kappa shape index (κ3) is 3.89. The Kier molecular flexibility index (Phi) is 4.83. The molecular formula is C14H20BrN. The van der Waals surface area contributed by atoms with Crippen LogP contribution in [0.2, 0.25) is 0 Å². The molecule has 0 N–H and O–H groups in total. The fraction of sp³-hybridized carbons (Fsp3) is 0.643. The van der Waals surface area contributed by atoms with Gasteiger partial charge >= 0.3 is 0 Å². The topological polar surface area (TPSA) is 12.9 Å². The summed E-state index contributed by atoms with van der Waals surface area (Å²) in [6, 6.07) is 4.24. The van der Waals surface area contributed by atoms with E-state index in [0.717, 1.165) is 12.3 Å². The van der Waals surface area contributed by atoms with Gasteiger partial charge in [-0.15, -0.1) is 0 Å². The second-order valence-corrected chi connectivity index (χ2v) is 6.19. The average Bonchev–Trinajstić information content (AvgIpc) is 2.31. The zero-order valence-electron chi connectivity index (χ0n) is 9.74. The molecule has 1 fully saturated rings. The van der Waals surface area contributed by atoms with E-state index in [2.05, 4.69) is 33.0 Å². The molecule has 2 heteroatoms. The van der Waals surface area contributed by atoms with Crippen LogP contribution in [0.25, 0.3) is 0 Å². The molecule has 0 aliphatic heterocycles. The molecule has 0 amide bonds. The van der Waals surface area contributed by atoms with Gasteiger partial charge in [0.15, 0.2) is 0 Å². The highest BCUT2D eigenvalue weighted by Gasteiger charge is 2.17. The van der Waals surface area contributed by atoms with Crippen molar-refractivity contribution in [1.82, 2.24) is 4.98 Å². The first-order chi connectivity index (χ1) is 7.84. The van der Waals surface area contributed by atoms with Crippen LogP contribution < -0.4 is 0 Å². The fourth-order valence-corrected chi connectivity index (χ4v) is 3.54. The molecule has 1 atom stereocenters.